The summed E-state index contributed by atoms with van der Waals surface area (Å²) < 4.78 is 56.9. The Morgan fingerprint density at radius 3 is 2.62 bits per heavy atom. The van der Waals surface area contributed by atoms with Crippen molar-refractivity contribution in [3.05, 3.63) is 23.8 Å². The van der Waals surface area contributed by atoms with Gasteiger partial charge in [-0.1, -0.05) is 0 Å². The Morgan fingerprint density at radius 1 is 1.33 bits per heavy atom. The third-order valence-corrected chi connectivity index (χ3v) is 3.97. The van der Waals surface area contributed by atoms with Crippen LogP contribution in [0.3, 0.4) is 0 Å². The van der Waals surface area contributed by atoms with E-state index in [1.807, 2.05) is 0 Å². The van der Waals surface area contributed by atoms with Crippen LogP contribution in [-0.4, -0.2) is 27.5 Å². The highest BCUT2D eigenvalue weighted by Gasteiger charge is 2.20. The summed E-state index contributed by atoms with van der Waals surface area (Å²) >= 11 is 0. The predicted molar refractivity (Wildman–Crippen MR) is 71.8 cm³/mol. The first-order valence-electron chi connectivity index (χ1n) is 6.17. The lowest BCUT2D eigenvalue weighted by Crippen LogP contribution is -2.26. The van der Waals surface area contributed by atoms with Crippen molar-refractivity contribution in [1.29, 1.82) is 0 Å². The summed E-state index contributed by atoms with van der Waals surface area (Å²) in [5.41, 5.74) is 4.75. The van der Waals surface area contributed by atoms with Crippen LogP contribution in [0.5, 0.6) is 0 Å². The molecule has 6 nitrogen and oxygen atoms in total. The molecule has 0 aliphatic heterocycles. The molecule has 0 amide bonds. The molecule has 0 spiro atoms. The Balaban J connectivity index is 2.66. The number of ether oxygens (including phenoxy) is 1. The van der Waals surface area contributed by atoms with Gasteiger partial charge in [0, 0.05) is 19.0 Å². The number of nitrogen functional groups attached to an aromatic ring is 1. The maximum atomic E-state index is 13.5. The van der Waals surface area contributed by atoms with Crippen LogP contribution in [0.15, 0.2) is 17.0 Å². The van der Waals surface area contributed by atoms with Crippen LogP contribution in [-0.2, 0) is 19.6 Å². The molecule has 118 valence electrons. The monoisotopic (exact) mass is 322 g/mol. The van der Waals surface area contributed by atoms with Crippen molar-refractivity contribution in [2.45, 2.75) is 24.7 Å². The average molecular weight is 322 g/mol. The molecule has 9 heteroatoms. The Labute approximate surface area is 121 Å². The number of carbonyl (C=O) groups excluding carboxylic acids is 1. The second kappa shape index (κ2) is 7.32. The van der Waals surface area contributed by atoms with Gasteiger partial charge < -0.3 is 10.5 Å². The maximum absolute atomic E-state index is 13.5. The fraction of sp³-hybridized carbons (Fsp3) is 0.417. The molecule has 0 radical (unpaired) electrons. The quantitative estimate of drug-likeness (QED) is 0.446. The largest absolute Gasteiger partial charge is 0.466 e. The van der Waals surface area contributed by atoms with Gasteiger partial charge in [-0.15, -0.1) is 0 Å². The highest BCUT2D eigenvalue weighted by molar-refractivity contribution is 7.89. The molecule has 0 atom stereocenters. The van der Waals surface area contributed by atoms with Crippen LogP contribution in [0.1, 0.15) is 19.8 Å². The van der Waals surface area contributed by atoms with E-state index in [-0.39, 0.29) is 26.0 Å². The van der Waals surface area contributed by atoms with E-state index in [4.69, 9.17) is 5.73 Å². The Bertz CT molecular complexity index is 620. The molecule has 1 aromatic rings. The molecular formula is C12H16F2N2O4S. The fourth-order valence-electron chi connectivity index (χ4n) is 1.50. The molecule has 21 heavy (non-hydrogen) atoms. The summed E-state index contributed by atoms with van der Waals surface area (Å²) in [4.78, 5) is 10.3. The molecule has 0 aliphatic rings. The van der Waals surface area contributed by atoms with Crippen molar-refractivity contribution >= 4 is 21.7 Å². The van der Waals surface area contributed by atoms with Gasteiger partial charge in [0.25, 0.3) is 0 Å². The number of halogens is 2. The lowest BCUT2D eigenvalue weighted by Gasteiger charge is -2.09. The van der Waals surface area contributed by atoms with Crippen molar-refractivity contribution in [3.8, 4) is 0 Å². The lowest BCUT2D eigenvalue weighted by atomic mass is 10.3. The number of rotatable bonds is 7. The summed E-state index contributed by atoms with van der Waals surface area (Å²) in [5, 5.41) is 0. The first kappa shape index (κ1) is 17.3. The SMILES string of the molecule is CCOC(=O)CCCNS(=O)(=O)c1cc(N)c(F)cc1F. The van der Waals surface area contributed by atoms with Gasteiger partial charge in [0.1, 0.15) is 16.5 Å². The Kier molecular flexibility index (Phi) is 6.03. The number of sulfonamides is 1. The highest BCUT2D eigenvalue weighted by atomic mass is 32.2. The molecule has 0 heterocycles. The summed E-state index contributed by atoms with van der Waals surface area (Å²) in [6.07, 6.45) is 0.223. The first-order chi connectivity index (χ1) is 9.77. The van der Waals surface area contributed by atoms with Crippen LogP contribution in [0.2, 0.25) is 0 Å². The number of anilines is 1. The number of hydrogen-bond acceptors (Lipinski definition) is 5. The van der Waals surface area contributed by atoms with Crippen molar-refractivity contribution in [3.63, 3.8) is 0 Å². The van der Waals surface area contributed by atoms with Crippen LogP contribution < -0.4 is 10.5 Å². The van der Waals surface area contributed by atoms with E-state index < -0.39 is 38.2 Å². The van der Waals surface area contributed by atoms with Gasteiger partial charge in [0.2, 0.25) is 10.0 Å². The first-order valence-corrected chi connectivity index (χ1v) is 7.66. The summed E-state index contributed by atoms with van der Waals surface area (Å²) in [6.45, 7) is 1.81. The number of hydrogen-bond donors (Lipinski definition) is 2. The third-order valence-electron chi connectivity index (χ3n) is 2.50. The van der Waals surface area contributed by atoms with E-state index in [9.17, 15) is 22.0 Å². The van der Waals surface area contributed by atoms with Gasteiger partial charge in [-0.25, -0.2) is 21.9 Å². The second-order valence-corrected chi connectivity index (χ2v) is 5.85. The number of nitrogens with one attached hydrogen (secondary N) is 1. The topological polar surface area (TPSA) is 98.5 Å². The number of esters is 1. The molecule has 1 rings (SSSR count). The molecule has 0 bridgehead atoms. The zero-order valence-corrected chi connectivity index (χ0v) is 12.2. The molecular weight excluding hydrogens is 306 g/mol. The van der Waals surface area contributed by atoms with Crippen LogP contribution in [0, 0.1) is 11.6 Å². The van der Waals surface area contributed by atoms with E-state index in [2.05, 4.69) is 9.46 Å². The van der Waals surface area contributed by atoms with Gasteiger partial charge in [-0.05, 0) is 19.4 Å². The van der Waals surface area contributed by atoms with Gasteiger partial charge in [-0.2, -0.15) is 0 Å². The van der Waals surface area contributed by atoms with Crippen molar-refractivity contribution in [1.82, 2.24) is 4.72 Å². The molecule has 0 fully saturated rings. The van der Waals surface area contributed by atoms with Gasteiger partial charge in [0.05, 0.1) is 12.3 Å². The minimum absolute atomic E-state index is 0.0321. The maximum Gasteiger partial charge on any atom is 0.305 e. The van der Waals surface area contributed by atoms with E-state index in [0.717, 1.165) is 0 Å². The van der Waals surface area contributed by atoms with Crippen molar-refractivity contribution in [2.24, 2.45) is 0 Å². The van der Waals surface area contributed by atoms with Gasteiger partial charge >= 0.3 is 5.97 Å². The molecule has 0 unspecified atom stereocenters. The van der Waals surface area contributed by atoms with Gasteiger partial charge in [-0.3, -0.25) is 4.79 Å². The fourth-order valence-corrected chi connectivity index (χ4v) is 2.67. The number of nitrogens with two attached hydrogens (primary N) is 1. The van der Waals surface area contributed by atoms with Crippen LogP contribution in [0.4, 0.5) is 14.5 Å². The van der Waals surface area contributed by atoms with Crippen molar-refractivity contribution < 1.29 is 26.7 Å². The van der Waals surface area contributed by atoms with Gasteiger partial charge in [0.15, 0.2) is 0 Å². The van der Waals surface area contributed by atoms with Crippen LogP contribution in [0.25, 0.3) is 0 Å². The summed E-state index contributed by atoms with van der Waals surface area (Å²) in [6, 6.07) is 1.11. The normalized spacial score (nSPS) is 11.4. The second-order valence-electron chi connectivity index (χ2n) is 4.11. The third kappa shape index (κ3) is 4.94. The number of benzene rings is 1. The average Bonchev–Trinajstić information content (AvgIpc) is 2.39. The Morgan fingerprint density at radius 2 is 2.00 bits per heavy atom. The molecule has 0 aromatic heterocycles. The minimum Gasteiger partial charge on any atom is -0.466 e. The minimum atomic E-state index is -4.16. The smallest absolute Gasteiger partial charge is 0.305 e. The predicted octanol–water partition coefficient (Wildman–Crippen LogP) is 1.17. The summed E-state index contributed by atoms with van der Waals surface area (Å²) in [5.74, 6) is -2.72. The molecule has 0 saturated carbocycles. The van der Waals surface area contributed by atoms with E-state index in [0.29, 0.717) is 12.1 Å². The number of carbonyl (C=O) groups is 1. The molecule has 1 aromatic carbocycles. The standard InChI is InChI=1S/C12H16F2N2O4S/c1-2-20-12(17)4-3-5-16-21(18,19)11-7-10(15)8(13)6-9(11)14/h6-7,16H,2-5,15H2,1H3. The highest BCUT2D eigenvalue weighted by Crippen LogP contribution is 2.20. The van der Waals surface area contributed by atoms with Crippen molar-refractivity contribution in [2.75, 3.05) is 18.9 Å². The van der Waals surface area contributed by atoms with E-state index in [1.165, 1.54) is 0 Å². The Hall–Kier alpha value is -1.74. The van der Waals surface area contributed by atoms with E-state index >= 15 is 0 Å². The van der Waals surface area contributed by atoms with Crippen LogP contribution >= 0.6 is 0 Å². The zero-order valence-electron chi connectivity index (χ0n) is 11.4. The lowest BCUT2D eigenvalue weighted by molar-refractivity contribution is -0.143. The molecule has 0 saturated heterocycles. The molecule has 3 N–H and O–H groups in total. The molecule has 0 aliphatic carbocycles. The zero-order chi connectivity index (χ0) is 16.0. The summed E-state index contributed by atoms with van der Waals surface area (Å²) in [7, 11) is -4.16. The van der Waals surface area contributed by atoms with E-state index in [1.54, 1.807) is 6.92 Å².